The van der Waals surface area contributed by atoms with Crippen LogP contribution < -0.4 is 5.73 Å². The molecule has 1 atom stereocenters. The lowest BCUT2D eigenvalue weighted by atomic mass is 9.88. The van der Waals surface area contributed by atoms with Gasteiger partial charge in [-0.05, 0) is 59.0 Å². The van der Waals surface area contributed by atoms with Crippen LogP contribution in [0.2, 0.25) is 0 Å². The van der Waals surface area contributed by atoms with Gasteiger partial charge in [-0.3, -0.25) is 0 Å². The highest BCUT2D eigenvalue weighted by molar-refractivity contribution is 14.1. The first-order chi connectivity index (χ1) is 7.27. The van der Waals surface area contributed by atoms with Crippen molar-refractivity contribution in [2.45, 2.75) is 18.9 Å². The number of nitrogens with two attached hydrogens (primary N) is 1. The van der Waals surface area contributed by atoms with E-state index in [1.807, 2.05) is 0 Å². The first-order valence-corrected chi connectivity index (χ1v) is 6.44. The van der Waals surface area contributed by atoms with Gasteiger partial charge in [0.25, 0.3) is 0 Å². The van der Waals surface area contributed by atoms with Crippen LogP contribution in [0.5, 0.6) is 0 Å². The Labute approximate surface area is 104 Å². The van der Waals surface area contributed by atoms with Crippen molar-refractivity contribution in [1.29, 1.82) is 0 Å². The molecule has 0 spiro atoms. The Balaban J connectivity index is 2.08. The third-order valence-electron chi connectivity index (χ3n) is 3.01. The Morgan fingerprint density at radius 3 is 2.73 bits per heavy atom. The molecule has 1 saturated heterocycles. The molecule has 2 N–H and O–H groups in total. The lowest BCUT2D eigenvalue weighted by Crippen LogP contribution is -2.27. The molecular weight excluding hydrogens is 301 g/mol. The van der Waals surface area contributed by atoms with E-state index in [4.69, 9.17) is 10.5 Å². The second-order valence-corrected chi connectivity index (χ2v) is 5.28. The van der Waals surface area contributed by atoms with Crippen molar-refractivity contribution in [2.24, 2.45) is 11.7 Å². The van der Waals surface area contributed by atoms with Crippen LogP contribution in [0.15, 0.2) is 24.3 Å². The smallest absolute Gasteiger partial charge is 0.0469 e. The number of ether oxygens (including phenoxy) is 1. The van der Waals surface area contributed by atoms with E-state index < -0.39 is 0 Å². The topological polar surface area (TPSA) is 35.2 Å². The molecule has 15 heavy (non-hydrogen) atoms. The Morgan fingerprint density at radius 1 is 1.33 bits per heavy atom. The van der Waals surface area contributed by atoms with E-state index in [1.54, 1.807) is 0 Å². The standard InChI is InChI=1S/C12H16INO/c13-11-3-1-2-10(8-11)12(14)9-4-6-15-7-5-9/h1-3,8-9,12H,4-7,14H2. The first-order valence-electron chi connectivity index (χ1n) is 5.36. The van der Waals surface area contributed by atoms with Gasteiger partial charge in [0.15, 0.2) is 0 Å². The highest BCUT2D eigenvalue weighted by Crippen LogP contribution is 2.28. The van der Waals surface area contributed by atoms with Crippen molar-refractivity contribution in [3.8, 4) is 0 Å². The molecule has 2 rings (SSSR count). The minimum atomic E-state index is 0.170. The predicted octanol–water partition coefficient (Wildman–Crippen LogP) is 2.72. The van der Waals surface area contributed by atoms with Crippen LogP contribution in [-0.2, 0) is 4.74 Å². The van der Waals surface area contributed by atoms with Gasteiger partial charge in [0.2, 0.25) is 0 Å². The highest BCUT2D eigenvalue weighted by Gasteiger charge is 2.22. The summed E-state index contributed by atoms with van der Waals surface area (Å²) in [5.74, 6) is 0.581. The Hall–Kier alpha value is -0.130. The SMILES string of the molecule is NC(c1cccc(I)c1)C1CCOCC1. The van der Waals surface area contributed by atoms with Gasteiger partial charge in [0, 0.05) is 22.8 Å². The van der Waals surface area contributed by atoms with E-state index in [0.717, 1.165) is 26.1 Å². The average molecular weight is 317 g/mol. The van der Waals surface area contributed by atoms with Crippen LogP contribution >= 0.6 is 22.6 Å². The van der Waals surface area contributed by atoms with Gasteiger partial charge < -0.3 is 10.5 Å². The maximum Gasteiger partial charge on any atom is 0.0469 e. The number of hydrogen-bond donors (Lipinski definition) is 1. The zero-order valence-electron chi connectivity index (χ0n) is 8.66. The van der Waals surface area contributed by atoms with Gasteiger partial charge in [-0.25, -0.2) is 0 Å². The third-order valence-corrected chi connectivity index (χ3v) is 3.68. The Bertz CT molecular complexity index is 323. The summed E-state index contributed by atoms with van der Waals surface area (Å²) < 4.78 is 6.61. The van der Waals surface area contributed by atoms with E-state index in [1.165, 1.54) is 9.13 Å². The Kier molecular flexibility index (Phi) is 3.99. The van der Waals surface area contributed by atoms with Crippen LogP contribution in [0.1, 0.15) is 24.4 Å². The highest BCUT2D eigenvalue weighted by atomic mass is 127. The van der Waals surface area contributed by atoms with Crippen LogP contribution in [0.25, 0.3) is 0 Å². The number of halogens is 1. The van der Waals surface area contributed by atoms with Crippen molar-refractivity contribution in [1.82, 2.24) is 0 Å². The lowest BCUT2D eigenvalue weighted by molar-refractivity contribution is 0.0584. The first kappa shape index (κ1) is 11.4. The van der Waals surface area contributed by atoms with E-state index in [0.29, 0.717) is 5.92 Å². The number of hydrogen-bond acceptors (Lipinski definition) is 2. The maximum atomic E-state index is 6.28. The molecule has 0 bridgehead atoms. The second-order valence-electron chi connectivity index (χ2n) is 4.03. The maximum absolute atomic E-state index is 6.28. The van der Waals surface area contributed by atoms with Crippen molar-refractivity contribution in [3.05, 3.63) is 33.4 Å². The fourth-order valence-electron chi connectivity index (χ4n) is 2.06. The van der Waals surface area contributed by atoms with Crippen LogP contribution in [0, 0.1) is 9.49 Å². The summed E-state index contributed by atoms with van der Waals surface area (Å²) in [7, 11) is 0. The Morgan fingerprint density at radius 2 is 2.07 bits per heavy atom. The molecule has 0 saturated carbocycles. The monoisotopic (exact) mass is 317 g/mol. The van der Waals surface area contributed by atoms with Gasteiger partial charge in [0.05, 0.1) is 0 Å². The third kappa shape index (κ3) is 2.92. The molecule has 0 radical (unpaired) electrons. The summed E-state index contributed by atoms with van der Waals surface area (Å²) in [6.07, 6.45) is 2.18. The molecule has 82 valence electrons. The van der Waals surface area contributed by atoms with E-state index in [9.17, 15) is 0 Å². The fourth-order valence-corrected chi connectivity index (χ4v) is 2.63. The number of rotatable bonds is 2. The summed E-state index contributed by atoms with van der Waals surface area (Å²) >= 11 is 2.33. The molecular formula is C12H16INO. The van der Waals surface area contributed by atoms with Crippen molar-refractivity contribution in [2.75, 3.05) is 13.2 Å². The minimum Gasteiger partial charge on any atom is -0.381 e. The average Bonchev–Trinajstić information content (AvgIpc) is 2.29. The summed E-state index contributed by atoms with van der Waals surface area (Å²) in [6, 6.07) is 8.66. The molecule has 1 aliphatic rings. The van der Waals surface area contributed by atoms with Crippen LogP contribution in [0.3, 0.4) is 0 Å². The molecule has 0 aliphatic carbocycles. The van der Waals surface area contributed by atoms with Gasteiger partial charge in [-0.15, -0.1) is 0 Å². The minimum absolute atomic E-state index is 0.170. The molecule has 1 heterocycles. The molecule has 2 nitrogen and oxygen atoms in total. The van der Waals surface area contributed by atoms with E-state index >= 15 is 0 Å². The molecule has 1 aromatic carbocycles. The van der Waals surface area contributed by atoms with Gasteiger partial charge >= 0.3 is 0 Å². The summed E-state index contributed by atoms with van der Waals surface area (Å²) in [6.45, 7) is 1.73. The summed E-state index contributed by atoms with van der Waals surface area (Å²) in [4.78, 5) is 0. The van der Waals surface area contributed by atoms with Crippen LogP contribution in [-0.4, -0.2) is 13.2 Å². The van der Waals surface area contributed by atoms with Gasteiger partial charge in [-0.1, -0.05) is 12.1 Å². The van der Waals surface area contributed by atoms with Crippen molar-refractivity contribution in [3.63, 3.8) is 0 Å². The molecule has 1 aliphatic heterocycles. The quantitative estimate of drug-likeness (QED) is 0.851. The largest absolute Gasteiger partial charge is 0.381 e. The molecule has 0 amide bonds. The van der Waals surface area contributed by atoms with Gasteiger partial charge in [-0.2, -0.15) is 0 Å². The zero-order chi connectivity index (χ0) is 10.7. The van der Waals surface area contributed by atoms with E-state index in [2.05, 4.69) is 46.9 Å². The predicted molar refractivity (Wildman–Crippen MR) is 69.6 cm³/mol. The molecule has 3 heteroatoms. The molecule has 1 aromatic rings. The summed E-state index contributed by atoms with van der Waals surface area (Å²) in [5, 5.41) is 0. The number of benzene rings is 1. The second kappa shape index (κ2) is 5.27. The summed E-state index contributed by atoms with van der Waals surface area (Å²) in [5.41, 5.74) is 7.54. The normalized spacial score (nSPS) is 20.1. The van der Waals surface area contributed by atoms with Crippen molar-refractivity contribution >= 4 is 22.6 Å². The fraction of sp³-hybridized carbons (Fsp3) is 0.500. The van der Waals surface area contributed by atoms with Crippen molar-refractivity contribution < 1.29 is 4.74 Å². The molecule has 1 unspecified atom stereocenters. The van der Waals surface area contributed by atoms with Crippen LogP contribution in [0.4, 0.5) is 0 Å². The molecule has 0 aromatic heterocycles. The zero-order valence-corrected chi connectivity index (χ0v) is 10.8. The van der Waals surface area contributed by atoms with E-state index in [-0.39, 0.29) is 6.04 Å². The molecule has 1 fully saturated rings. The lowest BCUT2D eigenvalue weighted by Gasteiger charge is -2.27. The van der Waals surface area contributed by atoms with Gasteiger partial charge in [0.1, 0.15) is 0 Å².